The molecule has 0 aliphatic carbocycles. The summed E-state index contributed by atoms with van der Waals surface area (Å²) in [5.74, 6) is 2.09. The Bertz CT molecular complexity index is 816. The van der Waals surface area contributed by atoms with Crippen molar-refractivity contribution in [3.8, 4) is 0 Å². The van der Waals surface area contributed by atoms with Gasteiger partial charge in [0.1, 0.15) is 5.76 Å². The van der Waals surface area contributed by atoms with Crippen LogP contribution in [0.15, 0.2) is 81.1 Å². The van der Waals surface area contributed by atoms with Gasteiger partial charge in [0.25, 0.3) is 0 Å². The van der Waals surface area contributed by atoms with Gasteiger partial charge in [-0.1, -0.05) is 36.0 Å². The average Bonchev–Trinajstić information content (AvgIpc) is 3.13. The lowest BCUT2D eigenvalue weighted by atomic mass is 10.2. The van der Waals surface area contributed by atoms with Gasteiger partial charge in [0.15, 0.2) is 0 Å². The molecule has 120 valence electrons. The number of anilines is 2. The quantitative estimate of drug-likeness (QED) is 0.634. The van der Waals surface area contributed by atoms with E-state index >= 15 is 0 Å². The Kier molecular flexibility index (Phi) is 4.36. The van der Waals surface area contributed by atoms with Gasteiger partial charge < -0.3 is 4.42 Å². The summed E-state index contributed by atoms with van der Waals surface area (Å²) in [4.78, 5) is 17.0. The molecule has 5 heteroatoms. The summed E-state index contributed by atoms with van der Waals surface area (Å²) < 4.78 is 5.32. The molecule has 1 aromatic heterocycles. The molecular weight excluding hydrogens is 338 g/mol. The monoisotopic (exact) mass is 353 g/mol. The van der Waals surface area contributed by atoms with E-state index in [0.29, 0.717) is 11.5 Å². The maximum atomic E-state index is 12.9. The number of hydrogen-bond acceptors (Lipinski definition) is 4. The Morgan fingerprint density at radius 2 is 1.62 bits per heavy atom. The number of fused-ring (bicyclic) bond motifs is 2. The molecule has 0 fully saturated rings. The standard InChI is InChI=1S/C19H15NO2S2/c21-19(13-23-12-14-6-5-11-22-14)20-15-7-1-3-9-17(15)24-18-10-4-2-8-16(18)20/h1-11H,12-13H2. The van der Waals surface area contributed by atoms with Crippen molar-refractivity contribution in [2.75, 3.05) is 10.7 Å². The molecule has 0 spiro atoms. The van der Waals surface area contributed by atoms with Gasteiger partial charge in [-0.05, 0) is 36.4 Å². The maximum absolute atomic E-state index is 12.9. The van der Waals surface area contributed by atoms with E-state index in [1.165, 1.54) is 0 Å². The van der Waals surface area contributed by atoms with E-state index in [1.54, 1.807) is 29.8 Å². The smallest absolute Gasteiger partial charge is 0.241 e. The van der Waals surface area contributed by atoms with E-state index in [9.17, 15) is 4.79 Å². The number of nitrogens with zero attached hydrogens (tertiary/aromatic N) is 1. The average molecular weight is 353 g/mol. The molecule has 0 unspecified atom stereocenters. The van der Waals surface area contributed by atoms with Gasteiger partial charge in [0.05, 0.1) is 29.1 Å². The number of para-hydroxylation sites is 2. The number of carbonyl (C=O) groups is 1. The fourth-order valence-electron chi connectivity index (χ4n) is 2.67. The van der Waals surface area contributed by atoms with Crippen molar-refractivity contribution >= 4 is 40.8 Å². The minimum atomic E-state index is 0.0896. The summed E-state index contributed by atoms with van der Waals surface area (Å²) in [5, 5.41) is 0. The minimum Gasteiger partial charge on any atom is -0.468 e. The zero-order valence-corrected chi connectivity index (χ0v) is 14.5. The predicted molar refractivity (Wildman–Crippen MR) is 99.0 cm³/mol. The van der Waals surface area contributed by atoms with E-state index < -0.39 is 0 Å². The number of hydrogen-bond donors (Lipinski definition) is 0. The highest BCUT2D eigenvalue weighted by Crippen LogP contribution is 2.48. The fourth-order valence-corrected chi connectivity index (χ4v) is 4.50. The molecule has 3 aromatic rings. The summed E-state index contributed by atoms with van der Waals surface area (Å²) >= 11 is 3.28. The molecule has 3 nitrogen and oxygen atoms in total. The number of furan rings is 1. The number of thioether (sulfide) groups is 1. The van der Waals surface area contributed by atoms with Crippen molar-refractivity contribution in [3.63, 3.8) is 0 Å². The zero-order chi connectivity index (χ0) is 16.4. The van der Waals surface area contributed by atoms with Crippen molar-refractivity contribution < 1.29 is 9.21 Å². The van der Waals surface area contributed by atoms with Gasteiger partial charge in [-0.25, -0.2) is 0 Å². The number of amides is 1. The van der Waals surface area contributed by atoms with E-state index in [2.05, 4.69) is 12.1 Å². The first-order valence-electron chi connectivity index (χ1n) is 7.62. The van der Waals surface area contributed by atoms with Crippen LogP contribution in [0.5, 0.6) is 0 Å². The molecule has 0 saturated heterocycles. The number of benzene rings is 2. The molecule has 0 bridgehead atoms. The Balaban J connectivity index is 1.58. The predicted octanol–water partition coefficient (Wildman–Crippen LogP) is 5.34. The second-order valence-corrected chi connectivity index (χ2v) is 7.41. The van der Waals surface area contributed by atoms with Gasteiger partial charge in [0.2, 0.25) is 5.91 Å². The molecule has 0 atom stereocenters. The van der Waals surface area contributed by atoms with Crippen molar-refractivity contribution in [2.24, 2.45) is 0 Å². The van der Waals surface area contributed by atoms with E-state index in [-0.39, 0.29) is 5.91 Å². The van der Waals surface area contributed by atoms with Crippen LogP contribution in [-0.4, -0.2) is 11.7 Å². The normalized spacial score (nSPS) is 12.6. The van der Waals surface area contributed by atoms with Crippen LogP contribution in [0.25, 0.3) is 0 Å². The number of rotatable bonds is 4. The molecule has 1 aliphatic rings. The molecule has 2 heterocycles. The molecule has 1 aliphatic heterocycles. The summed E-state index contributed by atoms with van der Waals surface area (Å²) in [7, 11) is 0. The molecule has 1 amide bonds. The third kappa shape index (κ3) is 2.97. The highest BCUT2D eigenvalue weighted by Gasteiger charge is 2.27. The first-order valence-corrected chi connectivity index (χ1v) is 9.59. The Labute approximate surface area is 149 Å². The fraction of sp³-hybridized carbons (Fsp3) is 0.105. The minimum absolute atomic E-state index is 0.0896. The molecule has 0 radical (unpaired) electrons. The van der Waals surface area contributed by atoms with Gasteiger partial charge in [0, 0.05) is 9.79 Å². The SMILES string of the molecule is O=C(CSCc1ccco1)N1c2ccccc2Sc2ccccc21. The third-order valence-corrected chi connectivity index (χ3v) is 5.80. The van der Waals surface area contributed by atoms with E-state index in [0.717, 1.165) is 26.9 Å². The first kappa shape index (κ1) is 15.4. The first-order chi connectivity index (χ1) is 11.8. The van der Waals surface area contributed by atoms with Crippen LogP contribution in [-0.2, 0) is 10.5 Å². The number of carbonyl (C=O) groups excluding carboxylic acids is 1. The Morgan fingerprint density at radius 3 is 2.25 bits per heavy atom. The summed E-state index contributed by atoms with van der Waals surface area (Å²) in [5.41, 5.74) is 1.93. The lowest BCUT2D eigenvalue weighted by Gasteiger charge is -2.31. The lowest BCUT2D eigenvalue weighted by Crippen LogP contribution is -2.30. The largest absolute Gasteiger partial charge is 0.468 e. The molecule has 0 saturated carbocycles. The van der Waals surface area contributed by atoms with E-state index in [4.69, 9.17) is 4.42 Å². The van der Waals surface area contributed by atoms with Gasteiger partial charge in [-0.3, -0.25) is 9.69 Å². The van der Waals surface area contributed by atoms with Crippen LogP contribution >= 0.6 is 23.5 Å². The summed E-state index contributed by atoms with van der Waals surface area (Å²) in [6.07, 6.45) is 1.66. The zero-order valence-electron chi connectivity index (χ0n) is 12.8. The van der Waals surface area contributed by atoms with E-state index in [1.807, 2.05) is 53.4 Å². The van der Waals surface area contributed by atoms with Crippen molar-refractivity contribution in [1.82, 2.24) is 0 Å². The van der Waals surface area contributed by atoms with Crippen LogP contribution in [0.2, 0.25) is 0 Å². The third-order valence-electron chi connectivity index (χ3n) is 3.73. The molecule has 4 rings (SSSR count). The van der Waals surface area contributed by atoms with Crippen LogP contribution in [0.4, 0.5) is 11.4 Å². The summed E-state index contributed by atoms with van der Waals surface area (Å²) in [6.45, 7) is 0. The lowest BCUT2D eigenvalue weighted by molar-refractivity contribution is -0.115. The highest BCUT2D eigenvalue weighted by molar-refractivity contribution is 8.00. The van der Waals surface area contributed by atoms with Crippen molar-refractivity contribution in [3.05, 3.63) is 72.7 Å². The van der Waals surface area contributed by atoms with Crippen molar-refractivity contribution in [2.45, 2.75) is 15.5 Å². The van der Waals surface area contributed by atoms with Gasteiger partial charge in [-0.15, -0.1) is 11.8 Å². The van der Waals surface area contributed by atoms with Crippen LogP contribution < -0.4 is 4.90 Å². The Hall–Kier alpha value is -2.11. The topological polar surface area (TPSA) is 33.5 Å². The van der Waals surface area contributed by atoms with Gasteiger partial charge >= 0.3 is 0 Å². The van der Waals surface area contributed by atoms with Gasteiger partial charge in [-0.2, -0.15) is 0 Å². The van der Waals surface area contributed by atoms with Crippen LogP contribution in [0.3, 0.4) is 0 Å². The molecule has 24 heavy (non-hydrogen) atoms. The molecule has 0 N–H and O–H groups in total. The highest BCUT2D eigenvalue weighted by atomic mass is 32.2. The molecular formula is C19H15NO2S2. The Morgan fingerprint density at radius 1 is 0.958 bits per heavy atom. The molecule has 2 aromatic carbocycles. The second-order valence-electron chi connectivity index (χ2n) is 5.34. The second kappa shape index (κ2) is 6.79. The van der Waals surface area contributed by atoms with Crippen LogP contribution in [0.1, 0.15) is 5.76 Å². The maximum Gasteiger partial charge on any atom is 0.241 e. The van der Waals surface area contributed by atoms with Crippen LogP contribution in [0, 0.1) is 0 Å². The summed E-state index contributed by atoms with van der Waals surface area (Å²) in [6, 6.07) is 19.9. The van der Waals surface area contributed by atoms with Crippen molar-refractivity contribution in [1.29, 1.82) is 0 Å².